The Morgan fingerprint density at radius 3 is 2.50 bits per heavy atom. The number of nitrogens with one attached hydrogen (secondary N) is 1. The monoisotopic (exact) mass is 659 g/mol. The van der Waals surface area contributed by atoms with Gasteiger partial charge in [0.05, 0.1) is 22.6 Å². The number of aryl methyl sites for hydroxylation is 1. The maximum absolute atomic E-state index is 13.4. The first-order valence-electron chi connectivity index (χ1n) is 12.7. The van der Waals surface area contributed by atoms with Crippen LogP contribution in [0.25, 0.3) is 11.3 Å². The maximum Gasteiger partial charge on any atom is 0.417 e. The third-order valence-corrected chi connectivity index (χ3v) is 6.27. The highest BCUT2D eigenvalue weighted by Gasteiger charge is 2.28. The van der Waals surface area contributed by atoms with Gasteiger partial charge in [0, 0.05) is 5.56 Å². The molecule has 3 rings (SSSR count). The zero-order valence-electron chi connectivity index (χ0n) is 23.6. The van der Waals surface area contributed by atoms with E-state index in [0.717, 1.165) is 4.90 Å². The second-order valence-corrected chi connectivity index (χ2v) is 10.9. The highest BCUT2D eigenvalue weighted by Crippen LogP contribution is 2.28. The van der Waals surface area contributed by atoms with E-state index < -0.39 is 23.6 Å². The minimum absolute atomic E-state index is 0.0804. The lowest BCUT2D eigenvalue weighted by atomic mass is 10.1. The normalized spacial score (nSPS) is 11.5. The Hall–Kier alpha value is -4.16. The Kier molecular flexibility index (Phi) is 10.9. The zero-order chi connectivity index (χ0) is 31.0. The second kappa shape index (κ2) is 14.1. The summed E-state index contributed by atoms with van der Waals surface area (Å²) in [5.74, 6) is -0.638. The number of guanidine groups is 1. The number of rotatable bonds is 9. The molecule has 0 fully saturated rings. The predicted octanol–water partition coefficient (Wildman–Crippen LogP) is 6.09. The standard InChI is InChI=1S/C29H31BrClN5O6/c1-6-13-40-20-10-8-19(9-11-20)25-24(17(2)42-35-25)26(38)34-27(32)36(28(39)41-29(3,4)5)16-18-7-12-22(21(31)14-18)33-23(37)15-30/h6-12,14H,1,13,15-16H2,2-5H3,(H,33,37)(H2,32,34,38). The first-order valence-corrected chi connectivity index (χ1v) is 14.2. The van der Waals surface area contributed by atoms with Crippen LogP contribution in [0.3, 0.4) is 0 Å². The average Bonchev–Trinajstić information content (AvgIpc) is 3.32. The molecule has 0 aliphatic rings. The van der Waals surface area contributed by atoms with Gasteiger partial charge < -0.3 is 25.0 Å². The van der Waals surface area contributed by atoms with Crippen molar-refractivity contribution in [2.75, 3.05) is 17.3 Å². The number of hydrogen-bond acceptors (Lipinski definition) is 7. The van der Waals surface area contributed by atoms with Crippen LogP contribution in [0, 0.1) is 6.92 Å². The number of nitrogens with zero attached hydrogens (tertiary/aromatic N) is 3. The molecular weight excluding hydrogens is 630 g/mol. The van der Waals surface area contributed by atoms with Gasteiger partial charge in [0.15, 0.2) is 0 Å². The number of hydrogen-bond donors (Lipinski definition) is 2. The van der Waals surface area contributed by atoms with Crippen molar-refractivity contribution < 1.29 is 28.4 Å². The van der Waals surface area contributed by atoms with Gasteiger partial charge in [-0.3, -0.25) is 9.59 Å². The summed E-state index contributed by atoms with van der Waals surface area (Å²) in [6.45, 7) is 10.5. The summed E-state index contributed by atoms with van der Waals surface area (Å²) in [6.07, 6.45) is 0.797. The van der Waals surface area contributed by atoms with E-state index in [1.807, 2.05) is 0 Å². The first-order chi connectivity index (χ1) is 19.8. The lowest BCUT2D eigenvalue weighted by Gasteiger charge is -2.26. The molecule has 0 aliphatic heterocycles. The van der Waals surface area contributed by atoms with E-state index in [4.69, 9.17) is 31.3 Å². The molecule has 0 unspecified atom stereocenters. The summed E-state index contributed by atoms with van der Waals surface area (Å²) in [4.78, 5) is 43.3. The van der Waals surface area contributed by atoms with Crippen molar-refractivity contribution in [1.82, 2.24) is 10.1 Å². The fourth-order valence-electron chi connectivity index (χ4n) is 3.59. The molecule has 0 saturated carbocycles. The van der Waals surface area contributed by atoms with Gasteiger partial charge in [-0.2, -0.15) is 4.99 Å². The van der Waals surface area contributed by atoms with Gasteiger partial charge in [-0.1, -0.05) is 51.4 Å². The minimum atomic E-state index is -0.860. The molecule has 222 valence electrons. The van der Waals surface area contributed by atoms with Crippen LogP contribution >= 0.6 is 27.5 Å². The van der Waals surface area contributed by atoms with Crippen molar-refractivity contribution in [3.05, 3.63) is 77.0 Å². The van der Waals surface area contributed by atoms with E-state index in [2.05, 4.69) is 38.0 Å². The summed E-state index contributed by atoms with van der Waals surface area (Å²) in [7, 11) is 0. The summed E-state index contributed by atoms with van der Waals surface area (Å²) >= 11 is 9.43. The SMILES string of the molecule is C=CCOc1ccc(-c2noc(C)c2C(=O)N=C(N)N(Cc2ccc(NC(=O)CBr)c(Cl)c2)C(=O)OC(C)(C)C)cc1. The lowest BCUT2D eigenvalue weighted by molar-refractivity contribution is -0.113. The number of benzene rings is 2. The number of carbonyl (C=O) groups is 3. The number of nitrogens with two attached hydrogens (primary N) is 1. The Morgan fingerprint density at radius 1 is 1.21 bits per heavy atom. The Labute approximate surface area is 256 Å². The molecule has 1 heterocycles. The molecule has 42 heavy (non-hydrogen) atoms. The molecule has 0 atom stereocenters. The number of amides is 3. The lowest BCUT2D eigenvalue weighted by Crippen LogP contribution is -2.44. The van der Waals surface area contributed by atoms with Crippen LogP contribution in [-0.2, 0) is 16.1 Å². The quantitative estimate of drug-likeness (QED) is 0.121. The van der Waals surface area contributed by atoms with E-state index in [-0.39, 0.29) is 39.8 Å². The molecule has 0 radical (unpaired) electrons. The second-order valence-electron chi connectivity index (χ2n) is 9.92. The molecule has 0 bridgehead atoms. The van der Waals surface area contributed by atoms with Crippen LogP contribution in [-0.4, -0.2) is 51.5 Å². The number of anilines is 1. The molecule has 3 aromatic rings. The molecule has 13 heteroatoms. The highest BCUT2D eigenvalue weighted by atomic mass is 79.9. The van der Waals surface area contributed by atoms with Crippen molar-refractivity contribution in [3.63, 3.8) is 0 Å². The molecule has 0 aliphatic carbocycles. The average molecular weight is 661 g/mol. The summed E-state index contributed by atoms with van der Waals surface area (Å²) in [6, 6.07) is 11.7. The van der Waals surface area contributed by atoms with Crippen molar-refractivity contribution in [1.29, 1.82) is 0 Å². The van der Waals surface area contributed by atoms with E-state index >= 15 is 0 Å². The topological polar surface area (TPSA) is 149 Å². The number of aliphatic imine (C=N–C) groups is 1. The van der Waals surface area contributed by atoms with Crippen molar-refractivity contribution in [2.45, 2.75) is 39.8 Å². The largest absolute Gasteiger partial charge is 0.490 e. The van der Waals surface area contributed by atoms with Gasteiger partial charge >= 0.3 is 6.09 Å². The van der Waals surface area contributed by atoms with E-state index in [1.165, 1.54) is 0 Å². The van der Waals surface area contributed by atoms with Crippen LogP contribution in [0.1, 0.15) is 42.5 Å². The fraction of sp³-hybridized carbons (Fsp3) is 0.276. The Morgan fingerprint density at radius 2 is 1.90 bits per heavy atom. The van der Waals surface area contributed by atoms with Gasteiger partial charge in [0.1, 0.15) is 35.0 Å². The maximum atomic E-state index is 13.4. The third kappa shape index (κ3) is 8.67. The summed E-state index contributed by atoms with van der Waals surface area (Å²) in [5.41, 5.74) is 7.21. The van der Waals surface area contributed by atoms with Crippen LogP contribution in [0.4, 0.5) is 10.5 Å². The fourth-order valence-corrected chi connectivity index (χ4v) is 3.98. The molecule has 0 saturated heterocycles. The van der Waals surface area contributed by atoms with Crippen LogP contribution in [0.2, 0.25) is 5.02 Å². The van der Waals surface area contributed by atoms with Gasteiger partial charge in [0.2, 0.25) is 11.9 Å². The smallest absolute Gasteiger partial charge is 0.417 e. The predicted molar refractivity (Wildman–Crippen MR) is 164 cm³/mol. The van der Waals surface area contributed by atoms with Gasteiger partial charge in [-0.25, -0.2) is 9.69 Å². The molecule has 1 aromatic heterocycles. The number of carbonyl (C=O) groups excluding carboxylic acids is 3. The molecule has 11 nitrogen and oxygen atoms in total. The zero-order valence-corrected chi connectivity index (χ0v) is 25.9. The van der Waals surface area contributed by atoms with Crippen molar-refractivity contribution in [2.24, 2.45) is 10.7 Å². The third-order valence-electron chi connectivity index (χ3n) is 5.45. The van der Waals surface area contributed by atoms with Gasteiger partial charge in [-0.05, 0) is 69.7 Å². The van der Waals surface area contributed by atoms with Gasteiger partial charge in [-0.15, -0.1) is 0 Å². The van der Waals surface area contributed by atoms with Crippen molar-refractivity contribution in [3.8, 4) is 17.0 Å². The van der Waals surface area contributed by atoms with Crippen LogP contribution in [0.15, 0.2) is 64.6 Å². The molecule has 3 N–H and O–H groups in total. The summed E-state index contributed by atoms with van der Waals surface area (Å²) < 4.78 is 16.3. The van der Waals surface area contributed by atoms with E-state index in [1.54, 1.807) is 76.2 Å². The molecule has 2 aromatic carbocycles. The summed E-state index contributed by atoms with van der Waals surface area (Å²) in [5, 5.41) is 7.02. The number of ether oxygens (including phenoxy) is 2. The molecule has 3 amide bonds. The first kappa shape index (κ1) is 32.4. The Bertz CT molecular complexity index is 1500. The number of aromatic nitrogens is 1. The van der Waals surface area contributed by atoms with Gasteiger partial charge in [0.25, 0.3) is 5.91 Å². The molecule has 0 spiro atoms. The minimum Gasteiger partial charge on any atom is -0.490 e. The van der Waals surface area contributed by atoms with E-state index in [0.29, 0.717) is 29.2 Å². The Balaban J connectivity index is 1.93. The highest BCUT2D eigenvalue weighted by molar-refractivity contribution is 9.09. The van der Waals surface area contributed by atoms with Crippen molar-refractivity contribution >= 4 is 57.1 Å². The van der Waals surface area contributed by atoms with Crippen LogP contribution < -0.4 is 15.8 Å². The van der Waals surface area contributed by atoms with E-state index in [9.17, 15) is 14.4 Å². The van der Waals surface area contributed by atoms with Crippen LogP contribution in [0.5, 0.6) is 5.75 Å². The molecular formula is C29H31BrClN5O6. The number of alkyl halides is 1. The number of halogens is 2.